The van der Waals surface area contributed by atoms with Gasteiger partial charge in [-0.05, 0) is 30.5 Å². The summed E-state index contributed by atoms with van der Waals surface area (Å²) in [5.74, 6) is -1.42. The van der Waals surface area contributed by atoms with E-state index in [9.17, 15) is 19.4 Å². The molecule has 3 rings (SSSR count). The Balaban J connectivity index is 2.14. The summed E-state index contributed by atoms with van der Waals surface area (Å²) in [4.78, 5) is 15.6. The van der Waals surface area contributed by atoms with E-state index in [4.69, 9.17) is 10.1 Å². The van der Waals surface area contributed by atoms with Crippen molar-refractivity contribution >= 4 is 23.1 Å². The molecule has 0 aliphatic rings. The minimum atomic E-state index is -1.16. The number of fused-ring (bicyclic) bond motifs is 1. The molecule has 2 atom stereocenters. The van der Waals surface area contributed by atoms with E-state index in [2.05, 4.69) is 5.10 Å². The number of aliphatic carboxylic acids is 1. The van der Waals surface area contributed by atoms with Crippen LogP contribution < -0.4 is 0 Å². The number of aliphatic hydroxyl groups excluding tert-OH is 2. The Morgan fingerprint density at radius 3 is 2.50 bits per heavy atom. The molecular weight excluding hydrogens is 413 g/mol. The van der Waals surface area contributed by atoms with Crippen LogP contribution in [0.25, 0.3) is 28.2 Å². The molecule has 0 unspecified atom stereocenters. The van der Waals surface area contributed by atoms with Gasteiger partial charge in [-0.3, -0.25) is 4.79 Å². The van der Waals surface area contributed by atoms with E-state index in [0.29, 0.717) is 6.54 Å². The standard InChI is InChI=1S/C24H28FN3O4/c1-4-28-24-20(13-26-28)22(15-5-7-16(25)8-6-15)19(23(27-24)14(2)3)10-9-17(29)11-18(30)12-21(31)32/h5-10,13-14,17-18,29-30H,4,11-12H2,1-3H3,(H,31,32)/b10-9+/t17-,18-/m1/s1. The van der Waals surface area contributed by atoms with Crippen molar-refractivity contribution in [2.45, 2.75) is 58.3 Å². The van der Waals surface area contributed by atoms with Crippen molar-refractivity contribution in [1.29, 1.82) is 0 Å². The van der Waals surface area contributed by atoms with Crippen LogP contribution in [0.4, 0.5) is 4.39 Å². The molecule has 7 nitrogen and oxygen atoms in total. The minimum Gasteiger partial charge on any atom is -0.481 e. The maximum atomic E-state index is 13.6. The van der Waals surface area contributed by atoms with Crippen molar-refractivity contribution in [3.63, 3.8) is 0 Å². The van der Waals surface area contributed by atoms with Crippen molar-refractivity contribution in [1.82, 2.24) is 14.8 Å². The van der Waals surface area contributed by atoms with Gasteiger partial charge in [0.05, 0.1) is 30.5 Å². The van der Waals surface area contributed by atoms with Crippen molar-refractivity contribution in [2.24, 2.45) is 0 Å². The van der Waals surface area contributed by atoms with Gasteiger partial charge in [0.25, 0.3) is 0 Å². The number of rotatable bonds is 9. The molecule has 0 fully saturated rings. The van der Waals surface area contributed by atoms with Crippen LogP contribution in [0.5, 0.6) is 0 Å². The zero-order chi connectivity index (χ0) is 23.4. The van der Waals surface area contributed by atoms with Gasteiger partial charge in [0.2, 0.25) is 0 Å². The van der Waals surface area contributed by atoms with Gasteiger partial charge in [0.15, 0.2) is 5.65 Å². The fourth-order valence-electron chi connectivity index (χ4n) is 3.74. The van der Waals surface area contributed by atoms with Gasteiger partial charge in [-0.25, -0.2) is 14.1 Å². The molecule has 1 aromatic carbocycles. The van der Waals surface area contributed by atoms with E-state index in [1.807, 2.05) is 20.8 Å². The van der Waals surface area contributed by atoms with Gasteiger partial charge in [-0.2, -0.15) is 5.10 Å². The molecule has 8 heteroatoms. The molecule has 2 heterocycles. The summed E-state index contributed by atoms with van der Waals surface area (Å²) in [7, 11) is 0. The van der Waals surface area contributed by atoms with E-state index in [1.54, 1.807) is 29.1 Å². The Morgan fingerprint density at radius 2 is 1.91 bits per heavy atom. The van der Waals surface area contributed by atoms with Gasteiger partial charge in [0.1, 0.15) is 5.82 Å². The van der Waals surface area contributed by atoms with Gasteiger partial charge >= 0.3 is 5.97 Å². The second kappa shape index (κ2) is 10.0. The van der Waals surface area contributed by atoms with E-state index >= 15 is 0 Å². The third kappa shape index (κ3) is 5.20. The van der Waals surface area contributed by atoms with E-state index in [0.717, 1.165) is 33.4 Å². The molecule has 170 valence electrons. The number of benzene rings is 1. The Morgan fingerprint density at radius 1 is 1.22 bits per heavy atom. The summed E-state index contributed by atoms with van der Waals surface area (Å²) in [6.45, 7) is 6.65. The summed E-state index contributed by atoms with van der Waals surface area (Å²) in [6, 6.07) is 6.18. The molecule has 32 heavy (non-hydrogen) atoms. The number of carboxylic acids is 1. The molecular formula is C24H28FN3O4. The zero-order valence-corrected chi connectivity index (χ0v) is 18.4. The first-order valence-electron chi connectivity index (χ1n) is 10.6. The van der Waals surface area contributed by atoms with Gasteiger partial charge < -0.3 is 15.3 Å². The minimum absolute atomic E-state index is 0.0493. The number of aliphatic hydroxyl groups is 2. The van der Waals surface area contributed by atoms with Crippen molar-refractivity contribution in [3.8, 4) is 11.1 Å². The van der Waals surface area contributed by atoms with Crippen LogP contribution in [-0.4, -0.2) is 48.3 Å². The highest BCUT2D eigenvalue weighted by molar-refractivity contribution is 5.98. The van der Waals surface area contributed by atoms with Gasteiger partial charge in [-0.15, -0.1) is 0 Å². The Kier molecular flexibility index (Phi) is 7.37. The van der Waals surface area contributed by atoms with Gasteiger partial charge in [-0.1, -0.05) is 38.1 Å². The predicted octanol–water partition coefficient (Wildman–Crippen LogP) is 3.98. The summed E-state index contributed by atoms with van der Waals surface area (Å²) >= 11 is 0. The second-order valence-corrected chi connectivity index (χ2v) is 8.06. The lowest BCUT2D eigenvalue weighted by Gasteiger charge is -2.17. The highest BCUT2D eigenvalue weighted by Crippen LogP contribution is 2.36. The number of hydrogen-bond acceptors (Lipinski definition) is 5. The molecule has 0 saturated carbocycles. The normalized spacial score (nSPS) is 13.8. The van der Waals surface area contributed by atoms with E-state index in [-0.39, 0.29) is 18.2 Å². The summed E-state index contributed by atoms with van der Waals surface area (Å²) in [5, 5.41) is 34.2. The van der Waals surface area contributed by atoms with Gasteiger partial charge in [0, 0.05) is 29.5 Å². The first-order valence-corrected chi connectivity index (χ1v) is 10.6. The van der Waals surface area contributed by atoms with Crippen LogP contribution >= 0.6 is 0 Å². The molecule has 3 aromatic rings. The van der Waals surface area contributed by atoms with Crippen molar-refractivity contribution in [2.75, 3.05) is 0 Å². The Labute approximate surface area is 185 Å². The number of carboxylic acid groups (broad SMARTS) is 1. The lowest BCUT2D eigenvalue weighted by molar-refractivity contribution is -0.139. The highest BCUT2D eigenvalue weighted by atomic mass is 19.1. The van der Waals surface area contributed by atoms with Crippen molar-refractivity contribution < 1.29 is 24.5 Å². The molecule has 0 amide bonds. The molecule has 3 N–H and O–H groups in total. The first kappa shape index (κ1) is 23.6. The number of halogens is 1. The third-order valence-electron chi connectivity index (χ3n) is 5.24. The van der Waals surface area contributed by atoms with Crippen LogP contribution in [-0.2, 0) is 11.3 Å². The smallest absolute Gasteiger partial charge is 0.305 e. The molecule has 0 aliphatic carbocycles. The Hall–Kier alpha value is -3.10. The lowest BCUT2D eigenvalue weighted by Crippen LogP contribution is -2.19. The highest BCUT2D eigenvalue weighted by Gasteiger charge is 2.20. The average Bonchev–Trinajstić information content (AvgIpc) is 3.14. The van der Waals surface area contributed by atoms with Crippen LogP contribution in [0.15, 0.2) is 36.5 Å². The monoisotopic (exact) mass is 441 g/mol. The molecule has 2 aromatic heterocycles. The molecule has 0 saturated heterocycles. The van der Waals surface area contributed by atoms with Crippen LogP contribution in [0.3, 0.4) is 0 Å². The fraction of sp³-hybridized carbons (Fsp3) is 0.375. The molecule has 0 spiro atoms. The van der Waals surface area contributed by atoms with E-state index in [1.165, 1.54) is 18.2 Å². The lowest BCUT2D eigenvalue weighted by atomic mass is 9.91. The maximum absolute atomic E-state index is 13.6. The number of hydrogen-bond donors (Lipinski definition) is 3. The average molecular weight is 442 g/mol. The number of pyridine rings is 1. The zero-order valence-electron chi connectivity index (χ0n) is 18.4. The predicted molar refractivity (Wildman–Crippen MR) is 121 cm³/mol. The number of aryl methyl sites for hydroxylation is 1. The van der Waals surface area contributed by atoms with Crippen LogP contribution in [0, 0.1) is 5.82 Å². The van der Waals surface area contributed by atoms with E-state index < -0.39 is 24.6 Å². The molecule has 0 radical (unpaired) electrons. The quantitative estimate of drug-likeness (QED) is 0.464. The topological polar surface area (TPSA) is 108 Å². The Bertz CT molecular complexity index is 1120. The number of nitrogens with zero attached hydrogens (tertiary/aromatic N) is 3. The van der Waals surface area contributed by atoms with Crippen LogP contribution in [0.1, 0.15) is 50.8 Å². The SMILES string of the molecule is CCn1ncc2c(-c3ccc(F)cc3)c(/C=C/[C@@H](O)C[C@@H](O)CC(=O)O)c(C(C)C)nc21. The maximum Gasteiger partial charge on any atom is 0.305 e. The number of aromatic nitrogens is 3. The largest absolute Gasteiger partial charge is 0.481 e. The summed E-state index contributed by atoms with van der Waals surface area (Å²) < 4.78 is 15.4. The van der Waals surface area contributed by atoms with Crippen LogP contribution in [0.2, 0.25) is 0 Å². The third-order valence-corrected chi connectivity index (χ3v) is 5.24. The summed E-state index contributed by atoms with van der Waals surface area (Å²) in [5.41, 5.74) is 3.90. The fourth-order valence-corrected chi connectivity index (χ4v) is 3.74. The molecule has 0 aliphatic heterocycles. The second-order valence-electron chi connectivity index (χ2n) is 8.06. The van der Waals surface area contributed by atoms with Crippen molar-refractivity contribution in [3.05, 3.63) is 53.6 Å². The summed E-state index contributed by atoms with van der Waals surface area (Å²) in [6.07, 6.45) is 2.26. The molecule has 0 bridgehead atoms. The first-order chi connectivity index (χ1) is 15.2. The number of carbonyl (C=O) groups is 1.